The van der Waals surface area contributed by atoms with Crippen LogP contribution in [0.1, 0.15) is 28.7 Å². The van der Waals surface area contributed by atoms with Crippen molar-refractivity contribution in [2.45, 2.75) is 69.0 Å². The molecule has 2 heterocycles. The number of benzene rings is 4. The Hall–Kier alpha value is -3.36. The molecule has 3 fully saturated rings. The zero-order chi connectivity index (χ0) is 29.6. The number of hydrogen-bond acceptors (Lipinski definition) is 6. The minimum absolute atomic E-state index is 0.0298. The van der Waals surface area contributed by atoms with Gasteiger partial charge in [0.1, 0.15) is 30.0 Å². The van der Waals surface area contributed by atoms with Crippen LogP contribution in [-0.2, 0) is 54.8 Å². The summed E-state index contributed by atoms with van der Waals surface area (Å²) in [7, 11) is 0. The molecule has 0 N–H and O–H groups in total. The highest BCUT2D eigenvalue weighted by Crippen LogP contribution is 2.61. The van der Waals surface area contributed by atoms with E-state index in [1.807, 2.05) is 72.8 Å². The van der Waals surface area contributed by atoms with Crippen LogP contribution in [0.2, 0.25) is 0 Å². The standard InChI is InChI=1S/C38H40O6/c1-5-13-28(14-6-1)23-39-27-33-34(41-24-29-15-7-2-8-16-29)35(42-25-30-17-9-3-10-18-30)37(43-26-31-19-11-4-12-20-31)38(44-33)32-21-22-40-36(32)38/h1-20,32-37H,21-27H2/t32-,33-,34-,35+,36+,37-,38-/m1/s1. The normalized spacial score (nSPS) is 29.0. The lowest BCUT2D eigenvalue weighted by molar-refractivity contribution is -0.294. The Bertz CT molecular complexity index is 1420. The molecular weight excluding hydrogens is 552 g/mol. The zero-order valence-corrected chi connectivity index (χ0v) is 24.9. The van der Waals surface area contributed by atoms with Gasteiger partial charge in [0, 0.05) is 12.5 Å². The van der Waals surface area contributed by atoms with Crippen molar-refractivity contribution in [2.75, 3.05) is 13.2 Å². The molecule has 0 bridgehead atoms. The molecule has 7 atom stereocenters. The first kappa shape index (κ1) is 29.4. The van der Waals surface area contributed by atoms with E-state index in [4.69, 9.17) is 28.4 Å². The van der Waals surface area contributed by atoms with Crippen molar-refractivity contribution in [3.8, 4) is 0 Å². The lowest BCUT2D eigenvalue weighted by atomic mass is 9.90. The molecule has 2 saturated heterocycles. The molecule has 1 saturated carbocycles. The van der Waals surface area contributed by atoms with Gasteiger partial charge in [-0.2, -0.15) is 0 Å². The smallest absolute Gasteiger partial charge is 0.129 e. The monoisotopic (exact) mass is 592 g/mol. The van der Waals surface area contributed by atoms with Gasteiger partial charge in [0.2, 0.25) is 0 Å². The van der Waals surface area contributed by atoms with E-state index in [0.717, 1.165) is 35.3 Å². The summed E-state index contributed by atoms with van der Waals surface area (Å²) in [5.74, 6) is 0.248. The molecule has 4 aromatic carbocycles. The van der Waals surface area contributed by atoms with Gasteiger partial charge >= 0.3 is 0 Å². The lowest BCUT2D eigenvalue weighted by Gasteiger charge is -2.48. The van der Waals surface area contributed by atoms with Crippen LogP contribution in [-0.4, -0.2) is 49.3 Å². The Kier molecular flexibility index (Phi) is 9.16. The highest BCUT2D eigenvalue weighted by atomic mass is 16.7. The van der Waals surface area contributed by atoms with Gasteiger partial charge in [-0.3, -0.25) is 0 Å². The quantitative estimate of drug-likeness (QED) is 0.176. The third kappa shape index (κ3) is 6.38. The average Bonchev–Trinajstić information content (AvgIpc) is 3.38. The Morgan fingerprint density at radius 2 is 1.05 bits per heavy atom. The van der Waals surface area contributed by atoms with Crippen molar-refractivity contribution >= 4 is 0 Å². The van der Waals surface area contributed by atoms with Crippen LogP contribution in [0, 0.1) is 5.92 Å². The van der Waals surface area contributed by atoms with Crippen LogP contribution in [0.3, 0.4) is 0 Å². The van der Waals surface area contributed by atoms with Gasteiger partial charge in [-0.15, -0.1) is 0 Å². The van der Waals surface area contributed by atoms with Crippen LogP contribution in [0.5, 0.6) is 0 Å². The molecule has 1 aliphatic carbocycles. The maximum atomic E-state index is 7.09. The van der Waals surface area contributed by atoms with E-state index < -0.39 is 17.8 Å². The van der Waals surface area contributed by atoms with E-state index in [0.29, 0.717) is 33.0 Å². The summed E-state index contributed by atoms with van der Waals surface area (Å²) in [5, 5.41) is 0. The fourth-order valence-corrected chi connectivity index (χ4v) is 6.83. The average molecular weight is 593 g/mol. The summed E-state index contributed by atoms with van der Waals surface area (Å²) in [6, 6.07) is 41.0. The third-order valence-corrected chi connectivity index (χ3v) is 9.03. The van der Waals surface area contributed by atoms with Gasteiger partial charge in [0.05, 0.1) is 39.1 Å². The predicted molar refractivity (Wildman–Crippen MR) is 167 cm³/mol. The van der Waals surface area contributed by atoms with E-state index in [1.54, 1.807) is 0 Å². The summed E-state index contributed by atoms with van der Waals surface area (Å²) in [6.07, 6.45) is -0.674. The van der Waals surface area contributed by atoms with E-state index >= 15 is 0 Å². The van der Waals surface area contributed by atoms with Crippen molar-refractivity contribution in [1.82, 2.24) is 0 Å². The van der Waals surface area contributed by atoms with Crippen LogP contribution >= 0.6 is 0 Å². The van der Waals surface area contributed by atoms with Gasteiger partial charge in [0.25, 0.3) is 0 Å². The van der Waals surface area contributed by atoms with Gasteiger partial charge < -0.3 is 28.4 Å². The molecule has 1 spiro atoms. The van der Waals surface area contributed by atoms with Crippen molar-refractivity contribution in [3.63, 3.8) is 0 Å². The highest BCUT2D eigenvalue weighted by molar-refractivity contribution is 5.27. The van der Waals surface area contributed by atoms with Crippen molar-refractivity contribution in [2.24, 2.45) is 5.92 Å². The van der Waals surface area contributed by atoms with E-state index in [-0.39, 0.29) is 24.2 Å². The number of fused-ring (bicyclic) bond motifs is 3. The molecule has 228 valence electrons. The zero-order valence-electron chi connectivity index (χ0n) is 24.9. The van der Waals surface area contributed by atoms with Gasteiger partial charge in [-0.25, -0.2) is 0 Å². The first-order chi connectivity index (χ1) is 21.8. The molecular formula is C38H40O6. The molecule has 0 aromatic heterocycles. The van der Waals surface area contributed by atoms with E-state index in [9.17, 15) is 0 Å². The molecule has 0 amide bonds. The second-order valence-corrected chi connectivity index (χ2v) is 11.9. The summed E-state index contributed by atoms with van der Waals surface area (Å²) < 4.78 is 40.1. The fraction of sp³-hybridized carbons (Fsp3) is 0.368. The summed E-state index contributed by atoms with van der Waals surface area (Å²) in [4.78, 5) is 0. The number of rotatable bonds is 13. The van der Waals surface area contributed by atoms with Crippen LogP contribution in [0.15, 0.2) is 121 Å². The Morgan fingerprint density at radius 1 is 0.568 bits per heavy atom. The molecule has 4 aromatic rings. The minimum atomic E-state index is -0.609. The fourth-order valence-electron chi connectivity index (χ4n) is 6.83. The third-order valence-electron chi connectivity index (χ3n) is 9.03. The van der Waals surface area contributed by atoms with E-state index in [1.165, 1.54) is 0 Å². The minimum Gasteiger partial charge on any atom is -0.375 e. The highest BCUT2D eigenvalue weighted by Gasteiger charge is 2.78. The number of hydrogen-bond donors (Lipinski definition) is 0. The lowest BCUT2D eigenvalue weighted by Crippen LogP contribution is -2.64. The number of ether oxygens (including phenoxy) is 6. The molecule has 0 unspecified atom stereocenters. The predicted octanol–water partition coefficient (Wildman–Crippen LogP) is 6.52. The van der Waals surface area contributed by atoms with Gasteiger partial charge in [-0.1, -0.05) is 121 Å². The van der Waals surface area contributed by atoms with Crippen LogP contribution in [0.25, 0.3) is 0 Å². The second-order valence-electron chi connectivity index (χ2n) is 11.9. The topological polar surface area (TPSA) is 55.4 Å². The molecule has 44 heavy (non-hydrogen) atoms. The van der Waals surface area contributed by atoms with Crippen molar-refractivity contribution in [3.05, 3.63) is 144 Å². The van der Waals surface area contributed by atoms with Gasteiger partial charge in [0.15, 0.2) is 0 Å². The summed E-state index contributed by atoms with van der Waals surface area (Å²) in [5.41, 5.74) is 3.80. The second kappa shape index (κ2) is 13.7. The maximum Gasteiger partial charge on any atom is 0.129 e. The maximum absolute atomic E-state index is 7.09. The molecule has 2 aliphatic heterocycles. The molecule has 3 aliphatic rings. The van der Waals surface area contributed by atoms with Crippen LogP contribution < -0.4 is 0 Å². The van der Waals surface area contributed by atoms with Crippen LogP contribution in [0.4, 0.5) is 0 Å². The molecule has 6 nitrogen and oxygen atoms in total. The largest absolute Gasteiger partial charge is 0.375 e. The Labute approximate surface area is 259 Å². The Morgan fingerprint density at radius 3 is 1.55 bits per heavy atom. The van der Waals surface area contributed by atoms with Crippen molar-refractivity contribution < 1.29 is 28.4 Å². The first-order valence-electron chi connectivity index (χ1n) is 15.7. The molecule has 7 rings (SSSR count). The molecule has 0 radical (unpaired) electrons. The summed E-state index contributed by atoms with van der Waals surface area (Å²) in [6.45, 7) is 2.91. The Balaban J connectivity index is 1.19. The van der Waals surface area contributed by atoms with Crippen molar-refractivity contribution in [1.29, 1.82) is 0 Å². The van der Waals surface area contributed by atoms with E-state index in [2.05, 4.69) is 48.5 Å². The summed E-state index contributed by atoms with van der Waals surface area (Å²) >= 11 is 0. The first-order valence-corrected chi connectivity index (χ1v) is 15.7. The SMILES string of the molecule is c1ccc(COC[C@H]2O[C@@]3([C@@H]4CCO[C@@H]43)[C@H](OCc3ccccc3)[C@@H](OCc3ccccc3)[C@@H]2OCc2ccccc2)cc1. The molecule has 6 heteroatoms. The van der Waals surface area contributed by atoms with Gasteiger partial charge in [-0.05, 0) is 28.7 Å².